The van der Waals surface area contributed by atoms with Crippen molar-refractivity contribution in [2.75, 3.05) is 0 Å². The maximum Gasteiger partial charge on any atom is 0.335 e. The molecule has 1 aliphatic carbocycles. The first-order chi connectivity index (χ1) is 9.29. The van der Waals surface area contributed by atoms with E-state index < -0.39 is 17.3 Å². The van der Waals surface area contributed by atoms with Gasteiger partial charge in [-0.1, -0.05) is 10.5 Å². The van der Waals surface area contributed by atoms with Crippen molar-refractivity contribution in [3.8, 4) is 0 Å². The molecule has 1 aromatic carbocycles. The zero-order valence-electron chi connectivity index (χ0n) is 12.0. The molecule has 1 N–H and O–H groups in total. The molecule has 0 aliphatic heterocycles. The van der Waals surface area contributed by atoms with Gasteiger partial charge in [-0.15, -0.1) is 0 Å². The van der Waals surface area contributed by atoms with Gasteiger partial charge in [-0.25, -0.2) is 4.79 Å². The van der Waals surface area contributed by atoms with Crippen molar-refractivity contribution < 1.29 is 14.5 Å². The molecule has 0 amide bonds. The Labute approximate surface area is 122 Å². The Morgan fingerprint density at radius 3 is 2.65 bits per heavy atom. The Hall–Kier alpha value is -1.33. The molecule has 0 aromatic heterocycles. The monoisotopic (exact) mass is 293 g/mol. The fourth-order valence-corrected chi connectivity index (χ4v) is 2.79. The molecule has 1 aromatic rings. The average Bonchev–Trinajstić information content (AvgIpc) is 2.37. The summed E-state index contributed by atoms with van der Waals surface area (Å²) in [6.45, 7) is 5.68. The largest absolute Gasteiger partial charge is 0.591 e. The number of carboxylic acid groups (broad SMARTS) is 1. The van der Waals surface area contributed by atoms with Crippen LogP contribution in [0.2, 0.25) is 0 Å². The van der Waals surface area contributed by atoms with E-state index in [1.807, 2.05) is 20.8 Å². The fourth-order valence-electron chi connectivity index (χ4n) is 2.13. The lowest BCUT2D eigenvalue weighted by molar-refractivity contribution is 0.0696. The fraction of sp³-hybridized carbons (Fsp3) is 0.467. The molecule has 108 valence electrons. The van der Waals surface area contributed by atoms with Crippen LogP contribution in [0.4, 0.5) is 0 Å². The summed E-state index contributed by atoms with van der Waals surface area (Å²) >= 11 is -1.28. The molecule has 0 spiro atoms. The van der Waals surface area contributed by atoms with Crippen molar-refractivity contribution in [3.05, 3.63) is 34.9 Å². The number of hydrogen-bond acceptors (Lipinski definition) is 3. The molecule has 0 unspecified atom stereocenters. The van der Waals surface area contributed by atoms with Crippen LogP contribution in [0, 0.1) is 0 Å². The van der Waals surface area contributed by atoms with Crippen LogP contribution in [-0.2, 0) is 17.8 Å². The van der Waals surface area contributed by atoms with Gasteiger partial charge < -0.3 is 9.66 Å². The highest BCUT2D eigenvalue weighted by Gasteiger charge is 2.28. The summed E-state index contributed by atoms with van der Waals surface area (Å²) < 4.78 is 16.1. The quantitative estimate of drug-likeness (QED) is 0.852. The minimum atomic E-state index is -1.28. The second-order valence-corrected chi connectivity index (χ2v) is 7.84. The van der Waals surface area contributed by atoms with Crippen LogP contribution in [0.15, 0.2) is 22.6 Å². The van der Waals surface area contributed by atoms with Crippen molar-refractivity contribution in [3.63, 3.8) is 0 Å². The first-order valence-corrected chi connectivity index (χ1v) is 7.76. The predicted octanol–water partition coefficient (Wildman–Crippen LogP) is 2.97. The molecular formula is C15H19NO3S. The Balaban J connectivity index is 2.38. The van der Waals surface area contributed by atoms with Crippen LogP contribution in [0.3, 0.4) is 0 Å². The molecule has 0 fully saturated rings. The van der Waals surface area contributed by atoms with E-state index in [2.05, 4.69) is 4.40 Å². The van der Waals surface area contributed by atoms with Gasteiger partial charge in [0.1, 0.15) is 16.1 Å². The summed E-state index contributed by atoms with van der Waals surface area (Å²) in [4.78, 5) is 11.0. The summed E-state index contributed by atoms with van der Waals surface area (Å²) in [7, 11) is 0. The molecule has 0 bridgehead atoms. The molecule has 0 saturated carbocycles. The van der Waals surface area contributed by atoms with E-state index >= 15 is 0 Å². The Morgan fingerprint density at radius 2 is 2.05 bits per heavy atom. The number of hydrogen-bond donors (Lipinski definition) is 1. The van der Waals surface area contributed by atoms with Gasteiger partial charge in [0, 0.05) is 5.56 Å². The molecule has 4 nitrogen and oxygen atoms in total. The van der Waals surface area contributed by atoms with E-state index in [0.29, 0.717) is 5.56 Å². The first-order valence-electron chi connectivity index (χ1n) is 6.65. The maximum absolute atomic E-state index is 12.1. The summed E-state index contributed by atoms with van der Waals surface area (Å²) in [5, 5.41) is 9.03. The van der Waals surface area contributed by atoms with Gasteiger partial charge in [0.05, 0.1) is 11.3 Å². The molecule has 20 heavy (non-hydrogen) atoms. The van der Waals surface area contributed by atoms with Gasteiger partial charge in [-0.2, -0.15) is 0 Å². The summed E-state index contributed by atoms with van der Waals surface area (Å²) in [6, 6.07) is 5.07. The number of carbonyl (C=O) groups is 1. The second kappa shape index (κ2) is 5.58. The predicted molar refractivity (Wildman–Crippen MR) is 80.8 cm³/mol. The SMILES string of the molecule is CC(C)(C)[S@@+]([O-])/N=C1\CCCc2cc(C(=O)O)ccc21. The molecule has 0 heterocycles. The van der Waals surface area contributed by atoms with Gasteiger partial charge in [0.2, 0.25) is 0 Å². The lowest BCUT2D eigenvalue weighted by atomic mass is 9.89. The Kier molecular flexibility index (Phi) is 4.20. The van der Waals surface area contributed by atoms with Crippen LogP contribution in [0.5, 0.6) is 0 Å². The molecular weight excluding hydrogens is 274 g/mol. The number of nitrogens with zero attached hydrogens (tertiary/aromatic N) is 1. The van der Waals surface area contributed by atoms with Crippen molar-refractivity contribution in [1.82, 2.24) is 0 Å². The minimum absolute atomic E-state index is 0.293. The van der Waals surface area contributed by atoms with Crippen molar-refractivity contribution in [2.45, 2.75) is 44.8 Å². The molecule has 1 aliphatic rings. The minimum Gasteiger partial charge on any atom is -0.591 e. The number of benzene rings is 1. The van der Waals surface area contributed by atoms with Crippen molar-refractivity contribution in [2.24, 2.45) is 4.40 Å². The highest BCUT2D eigenvalue weighted by molar-refractivity contribution is 7.91. The van der Waals surface area contributed by atoms with Crippen molar-refractivity contribution >= 4 is 23.0 Å². The topological polar surface area (TPSA) is 72.7 Å². The van der Waals surface area contributed by atoms with Crippen LogP contribution >= 0.6 is 0 Å². The summed E-state index contributed by atoms with van der Waals surface area (Å²) in [6.07, 6.45) is 2.55. The van der Waals surface area contributed by atoms with Gasteiger partial charge in [-0.05, 0) is 57.7 Å². The second-order valence-electron chi connectivity index (χ2n) is 5.93. The van der Waals surface area contributed by atoms with E-state index in [1.165, 1.54) is 0 Å². The Bertz CT molecular complexity index is 561. The summed E-state index contributed by atoms with van der Waals surface area (Å²) in [5.41, 5.74) is 3.05. The van der Waals surface area contributed by atoms with Gasteiger partial charge in [0.25, 0.3) is 0 Å². The number of rotatable bonds is 2. The standard InChI is InChI=1S/C15H19NO3S/c1-15(2,3)20(19)16-13-6-4-5-10-9-11(14(17)18)7-8-12(10)13/h7-9H,4-6H2,1-3H3,(H,17,18)/b16-13+/t20-/m1/s1. The van der Waals surface area contributed by atoms with E-state index in [0.717, 1.165) is 36.1 Å². The normalized spacial score (nSPS) is 18.7. The molecule has 5 heteroatoms. The number of fused-ring (bicyclic) bond motifs is 1. The maximum atomic E-state index is 12.1. The first kappa shape index (κ1) is 15.1. The molecule has 1 atom stereocenters. The molecule has 0 radical (unpaired) electrons. The number of aromatic carboxylic acids is 1. The third kappa shape index (κ3) is 3.22. The highest BCUT2D eigenvalue weighted by atomic mass is 32.2. The van der Waals surface area contributed by atoms with E-state index in [9.17, 15) is 9.35 Å². The van der Waals surface area contributed by atoms with Crippen LogP contribution in [0.25, 0.3) is 0 Å². The molecule has 0 saturated heterocycles. The number of carboxylic acids is 1. The van der Waals surface area contributed by atoms with Crippen molar-refractivity contribution in [1.29, 1.82) is 0 Å². The van der Waals surface area contributed by atoms with Crippen LogP contribution in [-0.4, -0.2) is 26.1 Å². The van der Waals surface area contributed by atoms with E-state index in [-0.39, 0.29) is 4.75 Å². The number of aryl methyl sites for hydroxylation is 1. The highest BCUT2D eigenvalue weighted by Crippen LogP contribution is 2.26. The Morgan fingerprint density at radius 1 is 1.35 bits per heavy atom. The van der Waals surface area contributed by atoms with E-state index in [4.69, 9.17) is 5.11 Å². The van der Waals surface area contributed by atoms with Gasteiger partial charge in [0.15, 0.2) is 0 Å². The zero-order valence-corrected chi connectivity index (χ0v) is 12.8. The van der Waals surface area contributed by atoms with Gasteiger partial charge in [-0.3, -0.25) is 0 Å². The van der Waals surface area contributed by atoms with E-state index in [1.54, 1.807) is 18.2 Å². The lowest BCUT2D eigenvalue weighted by Gasteiger charge is -2.22. The van der Waals surface area contributed by atoms with Crippen LogP contribution in [0.1, 0.15) is 55.1 Å². The molecule has 2 rings (SSSR count). The van der Waals surface area contributed by atoms with Crippen LogP contribution < -0.4 is 0 Å². The third-order valence-electron chi connectivity index (χ3n) is 3.24. The third-order valence-corrected chi connectivity index (χ3v) is 4.67. The smallest absolute Gasteiger partial charge is 0.335 e. The summed E-state index contributed by atoms with van der Waals surface area (Å²) in [5.74, 6) is -0.921. The van der Waals surface area contributed by atoms with Gasteiger partial charge >= 0.3 is 5.97 Å². The zero-order chi connectivity index (χ0) is 14.9. The average molecular weight is 293 g/mol. The lowest BCUT2D eigenvalue weighted by Crippen LogP contribution is -2.27.